The first-order chi connectivity index (χ1) is 7.18. The summed E-state index contributed by atoms with van der Waals surface area (Å²) < 4.78 is 0. The second-order valence-corrected chi connectivity index (χ2v) is 5.52. The minimum atomic E-state index is 0.407. The predicted molar refractivity (Wildman–Crippen MR) is 61.5 cm³/mol. The van der Waals surface area contributed by atoms with Crippen LogP contribution in [0.4, 0.5) is 0 Å². The Hall–Kier alpha value is -0.530. The quantitative estimate of drug-likeness (QED) is 0.685. The smallest absolute Gasteiger partial charge is 0.222 e. The van der Waals surface area contributed by atoms with Crippen molar-refractivity contribution < 1.29 is 4.79 Å². The molecule has 2 heteroatoms. The number of likely N-dealkylation sites (tertiary alicyclic amines) is 1. The van der Waals surface area contributed by atoms with E-state index in [2.05, 4.69) is 18.7 Å². The van der Waals surface area contributed by atoms with Crippen LogP contribution in [0.25, 0.3) is 0 Å². The van der Waals surface area contributed by atoms with E-state index in [-0.39, 0.29) is 0 Å². The summed E-state index contributed by atoms with van der Waals surface area (Å²) in [6.45, 7) is 5.66. The molecule has 1 saturated heterocycles. The SMILES string of the molecule is CC(C)C1CCCC(N2CCCC2=O)C1. The van der Waals surface area contributed by atoms with Crippen LogP contribution in [0.15, 0.2) is 0 Å². The van der Waals surface area contributed by atoms with E-state index in [0.717, 1.165) is 31.2 Å². The van der Waals surface area contributed by atoms with E-state index >= 15 is 0 Å². The van der Waals surface area contributed by atoms with Crippen molar-refractivity contribution in [2.75, 3.05) is 6.54 Å². The molecule has 0 radical (unpaired) electrons. The Balaban J connectivity index is 1.94. The minimum Gasteiger partial charge on any atom is -0.340 e. The molecule has 0 aromatic heterocycles. The summed E-state index contributed by atoms with van der Waals surface area (Å²) in [5, 5.41) is 0. The van der Waals surface area contributed by atoms with E-state index in [0.29, 0.717) is 11.9 Å². The highest BCUT2D eigenvalue weighted by molar-refractivity contribution is 5.78. The predicted octanol–water partition coefficient (Wildman–Crippen LogP) is 2.82. The molecule has 0 bridgehead atoms. The number of hydrogen-bond donors (Lipinski definition) is 0. The molecule has 1 aliphatic heterocycles. The standard InChI is InChI=1S/C13H23NO/c1-10(2)11-5-3-6-12(9-11)14-8-4-7-13(14)15/h10-12H,3-9H2,1-2H3. The zero-order chi connectivity index (χ0) is 10.8. The van der Waals surface area contributed by atoms with E-state index < -0.39 is 0 Å². The molecule has 2 fully saturated rings. The van der Waals surface area contributed by atoms with Crippen LogP contribution in [0.3, 0.4) is 0 Å². The van der Waals surface area contributed by atoms with Gasteiger partial charge in [-0.25, -0.2) is 0 Å². The van der Waals surface area contributed by atoms with Crippen LogP contribution in [-0.2, 0) is 4.79 Å². The fourth-order valence-corrected chi connectivity index (χ4v) is 3.14. The Kier molecular flexibility index (Phi) is 3.32. The van der Waals surface area contributed by atoms with Crippen molar-refractivity contribution in [2.24, 2.45) is 11.8 Å². The Bertz CT molecular complexity index is 237. The minimum absolute atomic E-state index is 0.407. The Morgan fingerprint density at radius 3 is 2.67 bits per heavy atom. The molecule has 1 saturated carbocycles. The third kappa shape index (κ3) is 2.35. The first kappa shape index (κ1) is 11.0. The van der Waals surface area contributed by atoms with Crippen molar-refractivity contribution in [3.63, 3.8) is 0 Å². The third-order valence-electron chi connectivity index (χ3n) is 4.18. The van der Waals surface area contributed by atoms with Gasteiger partial charge < -0.3 is 4.90 Å². The van der Waals surface area contributed by atoms with Gasteiger partial charge in [0, 0.05) is 19.0 Å². The Morgan fingerprint density at radius 1 is 1.27 bits per heavy atom. The van der Waals surface area contributed by atoms with Gasteiger partial charge in [0.1, 0.15) is 0 Å². The number of amides is 1. The molecule has 2 rings (SSSR count). The zero-order valence-corrected chi connectivity index (χ0v) is 10.0. The first-order valence-corrected chi connectivity index (χ1v) is 6.48. The lowest BCUT2D eigenvalue weighted by Crippen LogP contribution is -2.40. The van der Waals surface area contributed by atoms with Gasteiger partial charge in [0.05, 0.1) is 0 Å². The van der Waals surface area contributed by atoms with Crippen LogP contribution in [0.2, 0.25) is 0 Å². The zero-order valence-electron chi connectivity index (χ0n) is 10.0. The Labute approximate surface area is 93.0 Å². The lowest BCUT2D eigenvalue weighted by atomic mass is 9.79. The van der Waals surface area contributed by atoms with E-state index in [9.17, 15) is 4.79 Å². The van der Waals surface area contributed by atoms with Gasteiger partial charge in [0.15, 0.2) is 0 Å². The number of carbonyl (C=O) groups excluding carboxylic acids is 1. The number of rotatable bonds is 2. The van der Waals surface area contributed by atoms with Gasteiger partial charge in [0.2, 0.25) is 5.91 Å². The molecule has 2 nitrogen and oxygen atoms in total. The summed E-state index contributed by atoms with van der Waals surface area (Å²) in [6.07, 6.45) is 7.07. The monoisotopic (exact) mass is 209 g/mol. The molecular weight excluding hydrogens is 186 g/mol. The van der Waals surface area contributed by atoms with Crippen LogP contribution in [-0.4, -0.2) is 23.4 Å². The van der Waals surface area contributed by atoms with Gasteiger partial charge in [-0.2, -0.15) is 0 Å². The normalized spacial score (nSPS) is 32.7. The molecule has 1 aliphatic carbocycles. The van der Waals surface area contributed by atoms with E-state index in [1.807, 2.05) is 0 Å². The first-order valence-electron chi connectivity index (χ1n) is 6.48. The van der Waals surface area contributed by atoms with Crippen LogP contribution >= 0.6 is 0 Å². The van der Waals surface area contributed by atoms with Gasteiger partial charge in [0.25, 0.3) is 0 Å². The van der Waals surface area contributed by atoms with Crippen LogP contribution in [0.1, 0.15) is 52.4 Å². The highest BCUT2D eigenvalue weighted by Gasteiger charge is 2.32. The Morgan fingerprint density at radius 2 is 2.07 bits per heavy atom. The van der Waals surface area contributed by atoms with Gasteiger partial charge in [-0.3, -0.25) is 4.79 Å². The maximum Gasteiger partial charge on any atom is 0.222 e. The molecule has 15 heavy (non-hydrogen) atoms. The molecular formula is C13H23NO. The molecule has 86 valence electrons. The molecule has 0 spiro atoms. The number of nitrogens with zero attached hydrogens (tertiary/aromatic N) is 1. The van der Waals surface area contributed by atoms with Gasteiger partial charge in [-0.15, -0.1) is 0 Å². The van der Waals surface area contributed by atoms with E-state index in [1.54, 1.807) is 0 Å². The highest BCUT2D eigenvalue weighted by atomic mass is 16.2. The summed E-state index contributed by atoms with van der Waals surface area (Å²) >= 11 is 0. The average Bonchev–Trinajstić information content (AvgIpc) is 2.64. The lowest BCUT2D eigenvalue weighted by molar-refractivity contribution is -0.130. The van der Waals surface area contributed by atoms with E-state index in [4.69, 9.17) is 0 Å². The lowest BCUT2D eigenvalue weighted by Gasteiger charge is -2.36. The molecule has 0 aromatic rings. The molecule has 1 amide bonds. The molecule has 0 aromatic carbocycles. The fraction of sp³-hybridized carbons (Fsp3) is 0.923. The summed E-state index contributed by atoms with van der Waals surface area (Å²) in [4.78, 5) is 13.8. The molecule has 0 N–H and O–H groups in total. The summed E-state index contributed by atoms with van der Waals surface area (Å²) in [5.41, 5.74) is 0. The average molecular weight is 209 g/mol. The third-order valence-corrected chi connectivity index (χ3v) is 4.18. The molecule has 1 heterocycles. The van der Waals surface area contributed by atoms with Crippen molar-refractivity contribution in [3.8, 4) is 0 Å². The van der Waals surface area contributed by atoms with Crippen LogP contribution in [0, 0.1) is 11.8 Å². The van der Waals surface area contributed by atoms with Gasteiger partial charge in [-0.05, 0) is 31.1 Å². The fourth-order valence-electron chi connectivity index (χ4n) is 3.14. The number of hydrogen-bond acceptors (Lipinski definition) is 1. The number of carbonyl (C=O) groups is 1. The van der Waals surface area contributed by atoms with Crippen molar-refractivity contribution in [3.05, 3.63) is 0 Å². The van der Waals surface area contributed by atoms with Crippen LogP contribution < -0.4 is 0 Å². The van der Waals surface area contributed by atoms with Crippen molar-refractivity contribution in [2.45, 2.75) is 58.4 Å². The van der Waals surface area contributed by atoms with Crippen molar-refractivity contribution in [1.29, 1.82) is 0 Å². The summed E-state index contributed by atoms with van der Waals surface area (Å²) in [6, 6.07) is 0.571. The van der Waals surface area contributed by atoms with E-state index in [1.165, 1.54) is 25.7 Å². The maximum absolute atomic E-state index is 11.7. The summed E-state index contributed by atoms with van der Waals surface area (Å²) in [5.74, 6) is 2.03. The second kappa shape index (κ2) is 4.54. The van der Waals surface area contributed by atoms with Gasteiger partial charge >= 0.3 is 0 Å². The largest absolute Gasteiger partial charge is 0.340 e. The van der Waals surface area contributed by atoms with Crippen molar-refractivity contribution >= 4 is 5.91 Å². The van der Waals surface area contributed by atoms with Crippen molar-refractivity contribution in [1.82, 2.24) is 4.90 Å². The molecule has 2 unspecified atom stereocenters. The summed E-state index contributed by atoms with van der Waals surface area (Å²) in [7, 11) is 0. The highest BCUT2D eigenvalue weighted by Crippen LogP contribution is 2.33. The second-order valence-electron chi connectivity index (χ2n) is 5.52. The van der Waals surface area contributed by atoms with Gasteiger partial charge in [-0.1, -0.05) is 26.7 Å². The maximum atomic E-state index is 11.7. The molecule has 2 atom stereocenters. The molecule has 2 aliphatic rings. The van der Waals surface area contributed by atoms with Crippen LogP contribution in [0.5, 0.6) is 0 Å². The topological polar surface area (TPSA) is 20.3 Å².